The van der Waals surface area contributed by atoms with Crippen molar-refractivity contribution in [3.8, 4) is 0 Å². The minimum absolute atomic E-state index is 0.0181. The number of carbonyl (C=O) groups excluding carboxylic acids is 2. The van der Waals surface area contributed by atoms with Gasteiger partial charge in [-0.3, -0.25) is 9.69 Å². The fourth-order valence-electron chi connectivity index (χ4n) is 5.07. The first-order valence-electron chi connectivity index (χ1n) is 10.0. The third kappa shape index (κ3) is 2.92. The van der Waals surface area contributed by atoms with Crippen LogP contribution < -0.4 is 10.6 Å². The first-order valence-corrected chi connectivity index (χ1v) is 10.0. The van der Waals surface area contributed by atoms with Crippen molar-refractivity contribution in [2.24, 2.45) is 5.92 Å². The number of benzene rings is 1. The molecule has 0 radical (unpaired) electrons. The highest BCUT2D eigenvalue weighted by Gasteiger charge is 2.57. The Morgan fingerprint density at radius 1 is 1.08 bits per heavy atom. The fraction of sp³-hybridized carbons (Fsp3) is 0.619. The molecule has 1 atom stereocenters. The SMILES string of the molecule is Cc1ccccc1C[C@@]1(C2CCNCC2)NC(=O)N(C2CCCC2)C1=O. The van der Waals surface area contributed by atoms with Gasteiger partial charge in [0.05, 0.1) is 0 Å². The van der Waals surface area contributed by atoms with E-state index in [1.54, 1.807) is 4.90 Å². The normalized spacial score (nSPS) is 28.0. The van der Waals surface area contributed by atoms with Gasteiger partial charge in [-0.05, 0) is 62.7 Å². The predicted octanol–water partition coefficient (Wildman–Crippen LogP) is 2.77. The Morgan fingerprint density at radius 3 is 2.46 bits per heavy atom. The third-order valence-corrected chi connectivity index (χ3v) is 6.61. The number of urea groups is 1. The molecular formula is C21H29N3O2. The Hall–Kier alpha value is -1.88. The van der Waals surface area contributed by atoms with Gasteiger partial charge in [0.2, 0.25) is 0 Å². The van der Waals surface area contributed by atoms with Crippen LogP contribution in [-0.4, -0.2) is 41.5 Å². The number of carbonyl (C=O) groups is 2. The van der Waals surface area contributed by atoms with Gasteiger partial charge in [0.25, 0.3) is 5.91 Å². The third-order valence-electron chi connectivity index (χ3n) is 6.61. The van der Waals surface area contributed by atoms with Crippen molar-refractivity contribution in [3.05, 3.63) is 35.4 Å². The molecule has 3 amide bonds. The maximum absolute atomic E-state index is 13.7. The second kappa shape index (κ2) is 7.03. The molecule has 0 aromatic heterocycles. The van der Waals surface area contributed by atoms with Crippen molar-refractivity contribution in [1.82, 2.24) is 15.5 Å². The summed E-state index contributed by atoms with van der Waals surface area (Å²) in [7, 11) is 0. The Balaban J connectivity index is 1.70. The van der Waals surface area contributed by atoms with Crippen LogP contribution >= 0.6 is 0 Å². The maximum Gasteiger partial charge on any atom is 0.325 e. The smallest absolute Gasteiger partial charge is 0.322 e. The molecule has 2 aliphatic heterocycles. The molecule has 26 heavy (non-hydrogen) atoms. The van der Waals surface area contributed by atoms with E-state index >= 15 is 0 Å². The second-order valence-corrected chi connectivity index (χ2v) is 8.14. The largest absolute Gasteiger partial charge is 0.325 e. The summed E-state index contributed by atoms with van der Waals surface area (Å²) in [6, 6.07) is 8.14. The van der Waals surface area contributed by atoms with Crippen molar-refractivity contribution in [2.45, 2.75) is 63.5 Å². The van der Waals surface area contributed by atoms with Gasteiger partial charge in [0.15, 0.2) is 0 Å². The molecule has 140 valence electrons. The molecule has 2 saturated heterocycles. The summed E-state index contributed by atoms with van der Waals surface area (Å²) < 4.78 is 0. The van der Waals surface area contributed by atoms with Crippen molar-refractivity contribution < 1.29 is 9.59 Å². The summed E-state index contributed by atoms with van der Waals surface area (Å²) in [5, 5.41) is 6.58. The number of nitrogens with zero attached hydrogens (tertiary/aromatic N) is 1. The first-order chi connectivity index (χ1) is 12.6. The van der Waals surface area contributed by atoms with Gasteiger partial charge in [0, 0.05) is 12.5 Å². The highest BCUT2D eigenvalue weighted by atomic mass is 16.2. The van der Waals surface area contributed by atoms with Gasteiger partial charge < -0.3 is 10.6 Å². The zero-order valence-electron chi connectivity index (χ0n) is 15.6. The van der Waals surface area contributed by atoms with E-state index in [2.05, 4.69) is 29.7 Å². The Labute approximate surface area is 155 Å². The van der Waals surface area contributed by atoms with Gasteiger partial charge in [-0.1, -0.05) is 37.1 Å². The lowest BCUT2D eigenvalue weighted by molar-refractivity contribution is -0.135. The Morgan fingerprint density at radius 2 is 1.77 bits per heavy atom. The molecule has 0 unspecified atom stereocenters. The maximum atomic E-state index is 13.7. The lowest BCUT2D eigenvalue weighted by Crippen LogP contribution is -2.57. The van der Waals surface area contributed by atoms with E-state index in [-0.39, 0.29) is 23.9 Å². The van der Waals surface area contributed by atoms with Crippen molar-refractivity contribution in [3.63, 3.8) is 0 Å². The van der Waals surface area contributed by atoms with Crippen LogP contribution in [0, 0.1) is 12.8 Å². The van der Waals surface area contributed by atoms with E-state index in [1.165, 1.54) is 5.56 Å². The van der Waals surface area contributed by atoms with Crippen LogP contribution in [0.3, 0.4) is 0 Å². The van der Waals surface area contributed by atoms with Gasteiger partial charge in [-0.2, -0.15) is 0 Å². The summed E-state index contributed by atoms with van der Waals surface area (Å²) in [5.74, 6) is 0.204. The number of aryl methyl sites for hydroxylation is 1. The molecule has 0 bridgehead atoms. The van der Waals surface area contributed by atoms with Crippen LogP contribution in [0.2, 0.25) is 0 Å². The molecule has 0 spiro atoms. The predicted molar refractivity (Wildman–Crippen MR) is 101 cm³/mol. The molecule has 5 nitrogen and oxygen atoms in total. The fourth-order valence-corrected chi connectivity index (χ4v) is 5.07. The van der Waals surface area contributed by atoms with Crippen molar-refractivity contribution >= 4 is 11.9 Å². The highest BCUT2D eigenvalue weighted by molar-refractivity contribution is 6.07. The van der Waals surface area contributed by atoms with Gasteiger partial charge >= 0.3 is 6.03 Å². The Kier molecular flexibility index (Phi) is 4.74. The first kappa shape index (κ1) is 17.5. The lowest BCUT2D eigenvalue weighted by Gasteiger charge is -2.38. The van der Waals surface area contributed by atoms with Crippen LogP contribution in [0.15, 0.2) is 24.3 Å². The highest BCUT2D eigenvalue weighted by Crippen LogP contribution is 2.38. The van der Waals surface area contributed by atoms with Crippen LogP contribution in [-0.2, 0) is 11.2 Å². The molecule has 1 saturated carbocycles. The topological polar surface area (TPSA) is 61.4 Å². The molecule has 2 N–H and O–H groups in total. The van der Waals surface area contributed by atoms with E-state index in [4.69, 9.17) is 0 Å². The molecule has 2 heterocycles. The van der Waals surface area contributed by atoms with Crippen LogP contribution in [0.1, 0.15) is 49.7 Å². The van der Waals surface area contributed by atoms with Gasteiger partial charge in [-0.25, -0.2) is 4.79 Å². The molecule has 1 aromatic carbocycles. The second-order valence-electron chi connectivity index (χ2n) is 8.14. The monoisotopic (exact) mass is 355 g/mol. The summed E-state index contributed by atoms with van der Waals surface area (Å²) in [4.78, 5) is 28.1. The minimum Gasteiger partial charge on any atom is -0.322 e. The number of rotatable bonds is 4. The average molecular weight is 355 g/mol. The minimum atomic E-state index is -0.784. The molecule has 1 aromatic rings. The summed E-state index contributed by atoms with van der Waals surface area (Å²) in [5.41, 5.74) is 1.56. The van der Waals surface area contributed by atoms with Crippen LogP contribution in [0.4, 0.5) is 4.79 Å². The van der Waals surface area contributed by atoms with Gasteiger partial charge in [0.1, 0.15) is 5.54 Å². The Bertz CT molecular complexity index is 692. The zero-order valence-corrected chi connectivity index (χ0v) is 15.6. The standard InChI is InChI=1S/C21H29N3O2/c1-15-6-2-3-7-16(15)14-21(17-10-12-22-13-11-17)19(25)24(20(26)23-21)18-8-4-5-9-18/h2-3,6-7,17-18,22H,4-5,8-14H2,1H3,(H,23,26)/t21-/m0/s1. The van der Waals surface area contributed by atoms with E-state index in [9.17, 15) is 9.59 Å². The van der Waals surface area contributed by atoms with E-state index < -0.39 is 5.54 Å². The number of piperidine rings is 1. The number of nitrogens with one attached hydrogen (secondary N) is 2. The lowest BCUT2D eigenvalue weighted by atomic mass is 9.73. The van der Waals surface area contributed by atoms with Crippen molar-refractivity contribution in [2.75, 3.05) is 13.1 Å². The van der Waals surface area contributed by atoms with Crippen LogP contribution in [0.5, 0.6) is 0 Å². The summed E-state index contributed by atoms with van der Waals surface area (Å²) in [6.45, 7) is 3.90. The molecule has 1 aliphatic carbocycles. The molecule has 3 aliphatic rings. The number of imide groups is 1. The summed E-state index contributed by atoms with van der Waals surface area (Å²) in [6.07, 6.45) is 6.57. The average Bonchev–Trinajstić information content (AvgIpc) is 3.25. The molecule has 3 fully saturated rings. The van der Waals surface area contributed by atoms with Crippen molar-refractivity contribution in [1.29, 1.82) is 0 Å². The van der Waals surface area contributed by atoms with E-state index in [0.717, 1.165) is 57.2 Å². The number of hydrogen-bond acceptors (Lipinski definition) is 3. The van der Waals surface area contributed by atoms with Gasteiger partial charge in [-0.15, -0.1) is 0 Å². The van der Waals surface area contributed by atoms with E-state index in [0.29, 0.717) is 6.42 Å². The molecule has 5 heteroatoms. The quantitative estimate of drug-likeness (QED) is 0.817. The zero-order chi connectivity index (χ0) is 18.1. The number of amides is 3. The molecular weight excluding hydrogens is 326 g/mol. The van der Waals surface area contributed by atoms with E-state index in [1.807, 2.05) is 12.1 Å². The summed E-state index contributed by atoms with van der Waals surface area (Å²) >= 11 is 0. The molecule has 4 rings (SSSR count). The van der Waals surface area contributed by atoms with Crippen LogP contribution in [0.25, 0.3) is 0 Å². The number of hydrogen-bond donors (Lipinski definition) is 2.